The van der Waals surface area contributed by atoms with Crippen LogP contribution in [0.1, 0.15) is 5.56 Å². The quantitative estimate of drug-likeness (QED) is 0.575. The van der Waals surface area contributed by atoms with Gasteiger partial charge in [0.25, 0.3) is 0 Å². The van der Waals surface area contributed by atoms with E-state index in [1.165, 1.54) is 6.08 Å². The number of isocyanates is 1. The lowest BCUT2D eigenvalue weighted by Gasteiger charge is -2.00. The van der Waals surface area contributed by atoms with Gasteiger partial charge in [-0.15, -0.1) is 0 Å². The summed E-state index contributed by atoms with van der Waals surface area (Å²) in [6.07, 6.45) is 1.50. The Kier molecular flexibility index (Phi) is 3.20. The number of halogens is 2. The molecule has 0 N–H and O–H groups in total. The van der Waals surface area contributed by atoms with Gasteiger partial charge in [-0.3, -0.25) is 0 Å². The Morgan fingerprint density at radius 2 is 2.00 bits per heavy atom. The third-order valence-corrected chi connectivity index (χ3v) is 2.88. The molecule has 0 saturated carbocycles. The average molecular weight is 291 g/mol. The molecule has 12 heavy (non-hydrogen) atoms. The standard InChI is InChI=1S/C8H5Br2NO/c1-5-2-8(11-4-12)7(10)3-6(5)9/h2-3H,1H3. The highest BCUT2D eigenvalue weighted by Gasteiger charge is 2.01. The van der Waals surface area contributed by atoms with Gasteiger partial charge < -0.3 is 0 Å². The van der Waals surface area contributed by atoms with Crippen LogP contribution in [0.2, 0.25) is 0 Å². The SMILES string of the molecule is Cc1cc(N=C=O)c(Br)cc1Br. The number of benzene rings is 1. The predicted molar refractivity (Wildman–Crippen MR) is 54.4 cm³/mol. The summed E-state index contributed by atoms with van der Waals surface area (Å²) in [5, 5.41) is 0. The van der Waals surface area contributed by atoms with Crippen LogP contribution in [0.15, 0.2) is 26.1 Å². The van der Waals surface area contributed by atoms with Crippen LogP contribution in [0.3, 0.4) is 0 Å². The van der Waals surface area contributed by atoms with Crippen molar-refractivity contribution in [3.63, 3.8) is 0 Å². The molecule has 0 aliphatic rings. The second-order valence-electron chi connectivity index (χ2n) is 2.26. The van der Waals surface area contributed by atoms with Crippen molar-refractivity contribution in [1.29, 1.82) is 0 Å². The van der Waals surface area contributed by atoms with Gasteiger partial charge in [0, 0.05) is 8.95 Å². The van der Waals surface area contributed by atoms with Gasteiger partial charge in [-0.1, -0.05) is 15.9 Å². The molecular formula is C8H5Br2NO. The molecule has 0 atom stereocenters. The van der Waals surface area contributed by atoms with E-state index in [0.717, 1.165) is 14.5 Å². The van der Waals surface area contributed by atoms with Gasteiger partial charge >= 0.3 is 0 Å². The summed E-state index contributed by atoms with van der Waals surface area (Å²) < 4.78 is 1.77. The van der Waals surface area contributed by atoms with E-state index in [2.05, 4.69) is 36.9 Å². The summed E-state index contributed by atoms with van der Waals surface area (Å²) in [4.78, 5) is 13.5. The number of aryl methyl sites for hydroxylation is 1. The van der Waals surface area contributed by atoms with Crippen molar-refractivity contribution in [1.82, 2.24) is 0 Å². The summed E-state index contributed by atoms with van der Waals surface area (Å²) in [7, 11) is 0. The van der Waals surface area contributed by atoms with Crippen molar-refractivity contribution >= 4 is 43.6 Å². The third kappa shape index (κ3) is 2.03. The third-order valence-electron chi connectivity index (χ3n) is 1.39. The Labute approximate surface area is 87.0 Å². The molecule has 1 rings (SSSR count). The van der Waals surface area contributed by atoms with Crippen LogP contribution in [0.25, 0.3) is 0 Å². The Bertz CT molecular complexity index is 356. The van der Waals surface area contributed by atoms with Gasteiger partial charge in [0.2, 0.25) is 6.08 Å². The molecule has 0 aliphatic heterocycles. The molecule has 0 amide bonds. The molecular weight excluding hydrogens is 286 g/mol. The Morgan fingerprint density at radius 3 is 2.58 bits per heavy atom. The first-order valence-corrected chi connectivity index (χ1v) is 4.77. The molecule has 0 aromatic heterocycles. The van der Waals surface area contributed by atoms with Gasteiger partial charge in [0.1, 0.15) is 0 Å². The monoisotopic (exact) mass is 289 g/mol. The first-order valence-electron chi connectivity index (χ1n) is 3.18. The normalized spacial score (nSPS) is 9.25. The van der Waals surface area contributed by atoms with Crippen LogP contribution in [-0.2, 0) is 4.79 Å². The Morgan fingerprint density at radius 1 is 1.33 bits per heavy atom. The van der Waals surface area contributed by atoms with Crippen LogP contribution in [-0.4, -0.2) is 6.08 Å². The first-order chi connectivity index (χ1) is 5.65. The lowest BCUT2D eigenvalue weighted by atomic mass is 10.2. The number of carbonyl (C=O) groups excluding carboxylic acids is 1. The Balaban J connectivity index is 3.32. The summed E-state index contributed by atoms with van der Waals surface area (Å²) in [5.74, 6) is 0. The molecule has 0 bridgehead atoms. The van der Waals surface area contributed by atoms with E-state index >= 15 is 0 Å². The smallest absolute Gasteiger partial charge is 0.211 e. The summed E-state index contributed by atoms with van der Waals surface area (Å²) in [5.41, 5.74) is 1.64. The van der Waals surface area contributed by atoms with E-state index in [4.69, 9.17) is 0 Å². The van der Waals surface area contributed by atoms with E-state index in [9.17, 15) is 4.79 Å². The van der Waals surface area contributed by atoms with Gasteiger partial charge in [-0.05, 0) is 40.5 Å². The molecule has 0 unspecified atom stereocenters. The van der Waals surface area contributed by atoms with E-state index in [1.807, 2.05) is 13.0 Å². The lowest BCUT2D eigenvalue weighted by molar-refractivity contribution is 0.565. The molecule has 0 aliphatic carbocycles. The lowest BCUT2D eigenvalue weighted by Crippen LogP contribution is -1.76. The zero-order valence-electron chi connectivity index (χ0n) is 6.27. The molecule has 0 heterocycles. The minimum atomic E-state index is 0.603. The topological polar surface area (TPSA) is 29.4 Å². The largest absolute Gasteiger partial charge is 0.240 e. The van der Waals surface area contributed by atoms with Crippen LogP contribution in [0.4, 0.5) is 5.69 Å². The van der Waals surface area contributed by atoms with Gasteiger partial charge in [-0.2, -0.15) is 4.99 Å². The average Bonchev–Trinajstić information content (AvgIpc) is 2.01. The summed E-state index contributed by atoms with van der Waals surface area (Å²) in [6.45, 7) is 1.93. The van der Waals surface area contributed by atoms with Gasteiger partial charge in [0.15, 0.2) is 0 Å². The fourth-order valence-electron chi connectivity index (χ4n) is 0.777. The minimum Gasteiger partial charge on any atom is -0.211 e. The second kappa shape index (κ2) is 3.99. The van der Waals surface area contributed by atoms with Gasteiger partial charge in [-0.25, -0.2) is 4.79 Å². The number of hydrogen-bond acceptors (Lipinski definition) is 2. The molecule has 0 saturated heterocycles. The molecule has 2 nitrogen and oxygen atoms in total. The van der Waals surface area contributed by atoms with Crippen molar-refractivity contribution in [2.45, 2.75) is 6.92 Å². The second-order valence-corrected chi connectivity index (χ2v) is 3.96. The van der Waals surface area contributed by atoms with E-state index in [0.29, 0.717) is 5.69 Å². The van der Waals surface area contributed by atoms with Gasteiger partial charge in [0.05, 0.1) is 5.69 Å². The van der Waals surface area contributed by atoms with Crippen LogP contribution in [0.5, 0.6) is 0 Å². The van der Waals surface area contributed by atoms with Crippen molar-refractivity contribution in [2.24, 2.45) is 4.99 Å². The van der Waals surface area contributed by atoms with Crippen molar-refractivity contribution < 1.29 is 4.79 Å². The van der Waals surface area contributed by atoms with Crippen LogP contribution >= 0.6 is 31.9 Å². The Hall–Kier alpha value is -0.440. The molecule has 0 fully saturated rings. The maximum atomic E-state index is 10.00. The van der Waals surface area contributed by atoms with Crippen molar-refractivity contribution in [3.8, 4) is 0 Å². The fourth-order valence-corrected chi connectivity index (χ4v) is 1.86. The van der Waals surface area contributed by atoms with Crippen LogP contribution in [0, 0.1) is 6.92 Å². The molecule has 0 radical (unpaired) electrons. The number of aliphatic imine (C=N–C) groups is 1. The zero-order valence-corrected chi connectivity index (χ0v) is 9.44. The molecule has 4 heteroatoms. The first kappa shape index (κ1) is 9.65. The number of rotatable bonds is 1. The predicted octanol–water partition coefficient (Wildman–Crippen LogP) is 3.49. The highest BCUT2D eigenvalue weighted by molar-refractivity contribution is 9.11. The molecule has 62 valence electrons. The summed E-state index contributed by atoms with van der Waals surface area (Å²) >= 11 is 6.64. The molecule has 1 aromatic carbocycles. The highest BCUT2D eigenvalue weighted by atomic mass is 79.9. The van der Waals surface area contributed by atoms with E-state index in [-0.39, 0.29) is 0 Å². The molecule has 1 aromatic rings. The maximum Gasteiger partial charge on any atom is 0.240 e. The van der Waals surface area contributed by atoms with Crippen molar-refractivity contribution in [3.05, 3.63) is 26.6 Å². The zero-order chi connectivity index (χ0) is 9.14. The van der Waals surface area contributed by atoms with Crippen LogP contribution < -0.4 is 0 Å². The van der Waals surface area contributed by atoms with Crippen molar-refractivity contribution in [2.75, 3.05) is 0 Å². The van der Waals surface area contributed by atoms with E-state index in [1.54, 1.807) is 6.07 Å². The molecule has 0 spiro atoms. The minimum absolute atomic E-state index is 0.603. The van der Waals surface area contributed by atoms with E-state index < -0.39 is 0 Å². The maximum absolute atomic E-state index is 10.00. The summed E-state index contributed by atoms with van der Waals surface area (Å²) in [6, 6.07) is 3.66. The number of hydrogen-bond donors (Lipinski definition) is 0. The fraction of sp³-hybridized carbons (Fsp3) is 0.125. The highest BCUT2D eigenvalue weighted by Crippen LogP contribution is 2.30. The number of nitrogens with zero attached hydrogens (tertiary/aromatic N) is 1.